The van der Waals surface area contributed by atoms with Gasteiger partial charge in [0.1, 0.15) is 0 Å². The molecule has 2 rings (SSSR count). The van der Waals surface area contributed by atoms with Crippen LogP contribution in [0.2, 0.25) is 0 Å². The third kappa shape index (κ3) is 3.11. The van der Waals surface area contributed by atoms with Crippen molar-refractivity contribution >= 4 is 12.0 Å². The minimum absolute atomic E-state index is 0.833. The number of hydrogen-bond donors (Lipinski definition) is 1. The first-order chi connectivity index (χ1) is 6.20. The van der Waals surface area contributed by atoms with Gasteiger partial charge in [-0.25, -0.2) is 0 Å². The Morgan fingerprint density at radius 1 is 1.38 bits per heavy atom. The summed E-state index contributed by atoms with van der Waals surface area (Å²) in [5, 5.41) is 7.42. The molecule has 1 aromatic rings. The van der Waals surface area contributed by atoms with Crippen LogP contribution >= 0.6 is 0 Å². The standard InChI is InChI=1S/C9H8.C2H4O2/c1-2-5-9-7-3-6-8(9)4-1;1-2(3)4/h1-6H,7H2;1H3,(H,3,4). The Balaban J connectivity index is 0.000000184. The van der Waals surface area contributed by atoms with Gasteiger partial charge in [-0.05, 0) is 17.5 Å². The molecule has 68 valence electrons. The highest BCUT2D eigenvalue weighted by Crippen LogP contribution is 2.17. The quantitative estimate of drug-likeness (QED) is 0.658. The molecule has 1 N–H and O–H groups in total. The van der Waals surface area contributed by atoms with Crippen LogP contribution in [0.15, 0.2) is 30.3 Å². The lowest BCUT2D eigenvalue weighted by atomic mass is 10.1. The van der Waals surface area contributed by atoms with E-state index in [1.54, 1.807) is 0 Å². The summed E-state index contributed by atoms with van der Waals surface area (Å²) >= 11 is 0. The minimum Gasteiger partial charge on any atom is -0.481 e. The van der Waals surface area contributed by atoms with Crippen LogP contribution in [0.1, 0.15) is 18.1 Å². The monoisotopic (exact) mass is 176 g/mol. The lowest BCUT2D eigenvalue weighted by Crippen LogP contribution is -1.78. The van der Waals surface area contributed by atoms with Gasteiger partial charge in [0.15, 0.2) is 0 Å². The fourth-order valence-corrected chi connectivity index (χ4v) is 1.20. The summed E-state index contributed by atoms with van der Waals surface area (Å²) in [5.41, 5.74) is 2.84. The number of benzene rings is 1. The number of aliphatic carboxylic acids is 1. The van der Waals surface area contributed by atoms with Crippen LogP contribution in [0.4, 0.5) is 0 Å². The number of fused-ring (bicyclic) bond motifs is 1. The van der Waals surface area contributed by atoms with Crippen LogP contribution in [0.5, 0.6) is 0 Å². The number of carbonyl (C=O) groups is 1. The molecule has 1 aromatic carbocycles. The molecule has 0 amide bonds. The molecule has 13 heavy (non-hydrogen) atoms. The lowest BCUT2D eigenvalue weighted by Gasteiger charge is -1.93. The van der Waals surface area contributed by atoms with Gasteiger partial charge in [-0.1, -0.05) is 36.4 Å². The van der Waals surface area contributed by atoms with E-state index in [9.17, 15) is 0 Å². The highest BCUT2D eigenvalue weighted by Gasteiger charge is 2.00. The van der Waals surface area contributed by atoms with E-state index in [0.29, 0.717) is 0 Å². The maximum atomic E-state index is 9.00. The van der Waals surface area contributed by atoms with Crippen molar-refractivity contribution < 1.29 is 9.90 Å². The molecular formula is C11H12O2. The van der Waals surface area contributed by atoms with Crippen molar-refractivity contribution in [3.63, 3.8) is 0 Å². The molecule has 2 heteroatoms. The van der Waals surface area contributed by atoms with Crippen LogP contribution < -0.4 is 0 Å². The third-order valence-corrected chi connectivity index (χ3v) is 1.69. The van der Waals surface area contributed by atoms with Crippen LogP contribution in [0.25, 0.3) is 6.08 Å². The van der Waals surface area contributed by atoms with Crippen molar-refractivity contribution in [1.82, 2.24) is 0 Å². The van der Waals surface area contributed by atoms with Gasteiger partial charge in [0.2, 0.25) is 0 Å². The fraction of sp³-hybridized carbons (Fsp3) is 0.182. The molecule has 0 fully saturated rings. The zero-order chi connectivity index (χ0) is 9.68. The van der Waals surface area contributed by atoms with E-state index in [1.807, 2.05) is 0 Å². The van der Waals surface area contributed by atoms with Crippen molar-refractivity contribution in [2.75, 3.05) is 0 Å². The molecule has 0 saturated heterocycles. The second-order valence-corrected chi connectivity index (χ2v) is 2.82. The normalized spacial score (nSPS) is 11.5. The predicted molar refractivity (Wildman–Crippen MR) is 52.5 cm³/mol. The number of carboxylic acids is 1. The van der Waals surface area contributed by atoms with E-state index in [2.05, 4.69) is 36.4 Å². The number of allylic oxidation sites excluding steroid dienone is 1. The molecule has 0 unspecified atom stereocenters. The molecular weight excluding hydrogens is 164 g/mol. The Hall–Kier alpha value is -1.57. The van der Waals surface area contributed by atoms with E-state index >= 15 is 0 Å². The maximum absolute atomic E-state index is 9.00. The molecule has 0 radical (unpaired) electrons. The second kappa shape index (κ2) is 4.45. The zero-order valence-corrected chi connectivity index (χ0v) is 7.53. The Kier molecular flexibility index (Phi) is 3.26. The van der Waals surface area contributed by atoms with Gasteiger partial charge in [0.05, 0.1) is 0 Å². The van der Waals surface area contributed by atoms with E-state index in [0.717, 1.165) is 13.3 Å². The number of rotatable bonds is 0. The topological polar surface area (TPSA) is 37.3 Å². The van der Waals surface area contributed by atoms with Gasteiger partial charge in [-0.15, -0.1) is 0 Å². The molecule has 0 aliphatic heterocycles. The van der Waals surface area contributed by atoms with Gasteiger partial charge in [0, 0.05) is 6.92 Å². The van der Waals surface area contributed by atoms with Crippen molar-refractivity contribution in [1.29, 1.82) is 0 Å². The van der Waals surface area contributed by atoms with Gasteiger partial charge in [-0.3, -0.25) is 4.79 Å². The fourth-order valence-electron chi connectivity index (χ4n) is 1.20. The van der Waals surface area contributed by atoms with Gasteiger partial charge in [0.25, 0.3) is 5.97 Å². The van der Waals surface area contributed by atoms with Crippen molar-refractivity contribution in [2.45, 2.75) is 13.3 Å². The van der Waals surface area contributed by atoms with Crippen LogP contribution in [0.3, 0.4) is 0 Å². The summed E-state index contributed by atoms with van der Waals surface area (Å²) in [4.78, 5) is 9.00. The maximum Gasteiger partial charge on any atom is 0.300 e. The summed E-state index contributed by atoms with van der Waals surface area (Å²) in [5.74, 6) is -0.833. The van der Waals surface area contributed by atoms with Crippen molar-refractivity contribution in [2.24, 2.45) is 0 Å². The largest absolute Gasteiger partial charge is 0.481 e. The molecule has 1 aliphatic rings. The first kappa shape index (κ1) is 9.52. The third-order valence-electron chi connectivity index (χ3n) is 1.69. The summed E-state index contributed by atoms with van der Waals surface area (Å²) in [7, 11) is 0. The number of carboxylic acid groups (broad SMARTS) is 1. The van der Waals surface area contributed by atoms with E-state index < -0.39 is 5.97 Å². The average Bonchev–Trinajstić information content (AvgIpc) is 2.49. The first-order valence-electron chi connectivity index (χ1n) is 4.14. The van der Waals surface area contributed by atoms with Crippen LogP contribution in [0, 0.1) is 0 Å². The highest BCUT2D eigenvalue weighted by atomic mass is 16.4. The summed E-state index contributed by atoms with van der Waals surface area (Å²) in [6.07, 6.45) is 5.50. The molecule has 2 nitrogen and oxygen atoms in total. The van der Waals surface area contributed by atoms with Crippen molar-refractivity contribution in [3.05, 3.63) is 41.5 Å². The SMILES string of the molecule is C1=Cc2ccccc2C1.CC(=O)O. The van der Waals surface area contributed by atoms with Crippen LogP contribution in [-0.4, -0.2) is 11.1 Å². The zero-order valence-electron chi connectivity index (χ0n) is 7.53. The van der Waals surface area contributed by atoms with Crippen LogP contribution in [-0.2, 0) is 11.2 Å². The summed E-state index contributed by atoms with van der Waals surface area (Å²) in [6, 6.07) is 8.49. The van der Waals surface area contributed by atoms with E-state index in [1.165, 1.54) is 11.1 Å². The second-order valence-electron chi connectivity index (χ2n) is 2.82. The van der Waals surface area contributed by atoms with E-state index in [4.69, 9.17) is 9.90 Å². The first-order valence-corrected chi connectivity index (χ1v) is 4.14. The van der Waals surface area contributed by atoms with Gasteiger partial charge < -0.3 is 5.11 Å². The van der Waals surface area contributed by atoms with E-state index in [-0.39, 0.29) is 0 Å². The summed E-state index contributed by atoms with van der Waals surface area (Å²) in [6.45, 7) is 1.08. The Morgan fingerprint density at radius 3 is 2.62 bits per heavy atom. The summed E-state index contributed by atoms with van der Waals surface area (Å²) < 4.78 is 0. The molecule has 0 aromatic heterocycles. The minimum atomic E-state index is -0.833. The predicted octanol–water partition coefficient (Wildman–Crippen LogP) is 2.35. The van der Waals surface area contributed by atoms with Crippen molar-refractivity contribution in [3.8, 4) is 0 Å². The Labute approximate surface area is 77.5 Å². The Bertz CT molecular complexity index is 323. The molecule has 0 heterocycles. The molecule has 0 bridgehead atoms. The Morgan fingerprint density at radius 2 is 2.00 bits per heavy atom. The lowest BCUT2D eigenvalue weighted by molar-refractivity contribution is -0.134. The average molecular weight is 176 g/mol. The molecule has 0 saturated carbocycles. The van der Waals surface area contributed by atoms with Gasteiger partial charge in [-0.2, -0.15) is 0 Å². The molecule has 1 aliphatic carbocycles. The number of hydrogen-bond acceptors (Lipinski definition) is 1. The molecule has 0 spiro atoms. The highest BCUT2D eigenvalue weighted by molar-refractivity contribution is 5.63. The van der Waals surface area contributed by atoms with Gasteiger partial charge >= 0.3 is 0 Å². The molecule has 0 atom stereocenters. The smallest absolute Gasteiger partial charge is 0.300 e.